The lowest BCUT2D eigenvalue weighted by molar-refractivity contribution is 0.0954. The van der Waals surface area contributed by atoms with Crippen LogP contribution in [-0.4, -0.2) is 30.5 Å². The second-order valence-corrected chi connectivity index (χ2v) is 6.87. The predicted octanol–water partition coefficient (Wildman–Crippen LogP) is 3.81. The smallest absolute Gasteiger partial charge is 0.255 e. The summed E-state index contributed by atoms with van der Waals surface area (Å²) >= 11 is 3.54. The SMILES string of the molecule is O=C(NCCc1ccccc1Br)c1cccnc1N1CCCCC1. The number of anilines is 1. The Morgan fingerprint density at radius 3 is 2.71 bits per heavy atom. The number of nitrogens with zero attached hydrogens (tertiary/aromatic N) is 2. The van der Waals surface area contributed by atoms with Gasteiger partial charge in [0.1, 0.15) is 5.82 Å². The van der Waals surface area contributed by atoms with E-state index >= 15 is 0 Å². The van der Waals surface area contributed by atoms with Crippen molar-refractivity contribution in [2.75, 3.05) is 24.5 Å². The van der Waals surface area contributed by atoms with Gasteiger partial charge in [-0.05, 0) is 49.4 Å². The van der Waals surface area contributed by atoms with E-state index in [1.54, 1.807) is 6.20 Å². The molecule has 1 aromatic carbocycles. The number of carbonyl (C=O) groups excluding carboxylic acids is 1. The molecule has 3 rings (SSSR count). The maximum atomic E-state index is 12.6. The minimum atomic E-state index is -0.0456. The molecule has 24 heavy (non-hydrogen) atoms. The number of carbonyl (C=O) groups is 1. The van der Waals surface area contributed by atoms with Crippen molar-refractivity contribution >= 4 is 27.7 Å². The summed E-state index contributed by atoms with van der Waals surface area (Å²) in [4.78, 5) is 19.3. The van der Waals surface area contributed by atoms with Crippen LogP contribution in [0.4, 0.5) is 5.82 Å². The highest BCUT2D eigenvalue weighted by Gasteiger charge is 2.19. The van der Waals surface area contributed by atoms with Gasteiger partial charge in [0.25, 0.3) is 5.91 Å². The van der Waals surface area contributed by atoms with E-state index in [4.69, 9.17) is 0 Å². The summed E-state index contributed by atoms with van der Waals surface area (Å²) in [7, 11) is 0. The normalized spacial score (nSPS) is 14.5. The van der Waals surface area contributed by atoms with Crippen LogP contribution in [-0.2, 0) is 6.42 Å². The van der Waals surface area contributed by atoms with E-state index in [-0.39, 0.29) is 5.91 Å². The second-order valence-electron chi connectivity index (χ2n) is 6.02. The van der Waals surface area contributed by atoms with Gasteiger partial charge in [0.15, 0.2) is 0 Å². The third kappa shape index (κ3) is 4.15. The quantitative estimate of drug-likeness (QED) is 0.848. The van der Waals surface area contributed by atoms with Gasteiger partial charge < -0.3 is 10.2 Å². The molecule has 1 amide bonds. The number of hydrogen-bond donors (Lipinski definition) is 1. The second kappa shape index (κ2) is 8.29. The van der Waals surface area contributed by atoms with Gasteiger partial charge in [-0.2, -0.15) is 0 Å². The molecule has 4 nitrogen and oxygen atoms in total. The Bertz CT molecular complexity index is 699. The molecule has 1 saturated heterocycles. The Balaban J connectivity index is 1.64. The summed E-state index contributed by atoms with van der Waals surface area (Å²) in [6.45, 7) is 2.57. The molecule has 2 aromatic rings. The summed E-state index contributed by atoms with van der Waals surface area (Å²) in [6, 6.07) is 11.8. The van der Waals surface area contributed by atoms with Crippen LogP contribution in [0.3, 0.4) is 0 Å². The van der Waals surface area contributed by atoms with Gasteiger partial charge in [-0.25, -0.2) is 4.98 Å². The maximum Gasteiger partial charge on any atom is 0.255 e. The molecule has 1 aliphatic rings. The van der Waals surface area contributed by atoms with Crippen LogP contribution in [0.1, 0.15) is 35.2 Å². The van der Waals surface area contributed by atoms with Gasteiger partial charge in [-0.3, -0.25) is 4.79 Å². The first kappa shape index (κ1) is 17.0. The van der Waals surface area contributed by atoms with E-state index < -0.39 is 0 Å². The summed E-state index contributed by atoms with van der Waals surface area (Å²) in [5.74, 6) is 0.770. The molecule has 0 unspecified atom stereocenters. The fourth-order valence-corrected chi connectivity index (χ4v) is 3.52. The van der Waals surface area contributed by atoms with Gasteiger partial charge in [0.2, 0.25) is 0 Å². The van der Waals surface area contributed by atoms with Gasteiger partial charge >= 0.3 is 0 Å². The van der Waals surface area contributed by atoms with Crippen molar-refractivity contribution < 1.29 is 4.79 Å². The highest BCUT2D eigenvalue weighted by atomic mass is 79.9. The monoisotopic (exact) mass is 387 g/mol. The molecule has 5 heteroatoms. The van der Waals surface area contributed by atoms with Crippen LogP contribution >= 0.6 is 15.9 Å². The van der Waals surface area contributed by atoms with E-state index in [9.17, 15) is 4.79 Å². The van der Waals surface area contributed by atoms with Crippen LogP contribution in [0.25, 0.3) is 0 Å². The summed E-state index contributed by atoms with van der Waals surface area (Å²) in [6.07, 6.45) is 6.16. The van der Waals surface area contributed by atoms with Crippen LogP contribution in [0, 0.1) is 0 Å². The Labute approximate surface area is 151 Å². The van der Waals surface area contributed by atoms with E-state index in [0.717, 1.165) is 29.8 Å². The lowest BCUT2D eigenvalue weighted by Crippen LogP contribution is -2.34. The number of hydrogen-bond acceptors (Lipinski definition) is 3. The average Bonchev–Trinajstić information content (AvgIpc) is 2.64. The van der Waals surface area contributed by atoms with E-state index in [2.05, 4.69) is 37.2 Å². The van der Waals surface area contributed by atoms with Crippen molar-refractivity contribution in [3.8, 4) is 0 Å². The van der Waals surface area contributed by atoms with Crippen molar-refractivity contribution in [2.24, 2.45) is 0 Å². The summed E-state index contributed by atoms with van der Waals surface area (Å²) in [5.41, 5.74) is 1.87. The average molecular weight is 388 g/mol. The molecule has 1 fully saturated rings. The van der Waals surface area contributed by atoms with Crippen molar-refractivity contribution in [2.45, 2.75) is 25.7 Å². The molecule has 1 aliphatic heterocycles. The zero-order valence-electron chi connectivity index (χ0n) is 13.7. The van der Waals surface area contributed by atoms with Gasteiger partial charge in [-0.15, -0.1) is 0 Å². The molecular weight excluding hydrogens is 366 g/mol. The fraction of sp³-hybridized carbons (Fsp3) is 0.368. The minimum Gasteiger partial charge on any atom is -0.356 e. The van der Waals surface area contributed by atoms with Crippen molar-refractivity contribution in [1.29, 1.82) is 0 Å². The number of benzene rings is 1. The molecular formula is C19H22BrN3O. The highest BCUT2D eigenvalue weighted by Crippen LogP contribution is 2.21. The Morgan fingerprint density at radius 1 is 1.12 bits per heavy atom. The molecule has 0 radical (unpaired) electrons. The highest BCUT2D eigenvalue weighted by molar-refractivity contribution is 9.10. The van der Waals surface area contributed by atoms with E-state index in [1.807, 2.05) is 30.3 Å². The zero-order valence-corrected chi connectivity index (χ0v) is 15.3. The standard InChI is InChI=1S/C19H22BrN3O/c20-17-9-3-2-7-15(17)10-12-22-19(24)16-8-6-11-21-18(16)23-13-4-1-5-14-23/h2-3,6-9,11H,1,4-5,10,12-14H2,(H,22,24). The number of halogens is 1. The molecule has 1 N–H and O–H groups in total. The molecule has 1 aromatic heterocycles. The molecule has 126 valence electrons. The minimum absolute atomic E-state index is 0.0456. The predicted molar refractivity (Wildman–Crippen MR) is 100 cm³/mol. The largest absolute Gasteiger partial charge is 0.356 e. The van der Waals surface area contributed by atoms with Crippen LogP contribution < -0.4 is 10.2 Å². The molecule has 0 aliphatic carbocycles. The first-order valence-electron chi connectivity index (χ1n) is 8.47. The number of pyridine rings is 1. The van der Waals surface area contributed by atoms with Crippen molar-refractivity contribution in [3.63, 3.8) is 0 Å². The van der Waals surface area contributed by atoms with Crippen LogP contribution in [0.15, 0.2) is 47.1 Å². The molecule has 0 spiro atoms. The number of rotatable bonds is 5. The molecule has 0 bridgehead atoms. The van der Waals surface area contributed by atoms with E-state index in [0.29, 0.717) is 12.1 Å². The fourth-order valence-electron chi connectivity index (χ4n) is 3.04. The first-order valence-corrected chi connectivity index (χ1v) is 9.26. The Kier molecular flexibility index (Phi) is 5.86. The lowest BCUT2D eigenvalue weighted by atomic mass is 10.1. The van der Waals surface area contributed by atoms with Gasteiger partial charge in [-0.1, -0.05) is 34.1 Å². The van der Waals surface area contributed by atoms with Crippen LogP contribution in [0.2, 0.25) is 0 Å². The van der Waals surface area contributed by atoms with Gasteiger partial charge in [0.05, 0.1) is 5.56 Å². The third-order valence-corrected chi connectivity index (χ3v) is 5.10. The number of amides is 1. The van der Waals surface area contributed by atoms with Gasteiger partial charge in [0, 0.05) is 30.3 Å². The zero-order chi connectivity index (χ0) is 16.8. The third-order valence-electron chi connectivity index (χ3n) is 4.32. The maximum absolute atomic E-state index is 12.6. The molecule has 0 atom stereocenters. The molecule has 2 heterocycles. The summed E-state index contributed by atoms with van der Waals surface area (Å²) in [5, 5.41) is 3.03. The lowest BCUT2D eigenvalue weighted by Gasteiger charge is -2.29. The number of aromatic nitrogens is 1. The topological polar surface area (TPSA) is 45.2 Å². The van der Waals surface area contributed by atoms with Crippen molar-refractivity contribution in [1.82, 2.24) is 10.3 Å². The number of nitrogens with one attached hydrogen (secondary N) is 1. The first-order chi connectivity index (χ1) is 11.8. The summed E-state index contributed by atoms with van der Waals surface area (Å²) < 4.78 is 1.08. The molecule has 0 saturated carbocycles. The number of piperidine rings is 1. The Hall–Kier alpha value is -1.88. The van der Waals surface area contributed by atoms with Crippen LogP contribution in [0.5, 0.6) is 0 Å². The van der Waals surface area contributed by atoms with Crippen molar-refractivity contribution in [3.05, 3.63) is 58.2 Å². The van der Waals surface area contributed by atoms with E-state index in [1.165, 1.54) is 24.8 Å². The Morgan fingerprint density at radius 2 is 1.92 bits per heavy atom.